The average Bonchev–Trinajstić information content (AvgIpc) is 2.65. The van der Waals surface area contributed by atoms with Gasteiger partial charge in [-0.1, -0.05) is 43.7 Å². The molecule has 0 heterocycles. The van der Waals surface area contributed by atoms with Gasteiger partial charge in [-0.3, -0.25) is 4.79 Å². The van der Waals surface area contributed by atoms with Gasteiger partial charge in [-0.25, -0.2) is 0 Å². The van der Waals surface area contributed by atoms with E-state index in [4.69, 9.17) is 14.2 Å². The van der Waals surface area contributed by atoms with E-state index in [0.717, 1.165) is 5.56 Å². The lowest BCUT2D eigenvalue weighted by Crippen LogP contribution is -2.37. The molecule has 5 heteroatoms. The zero-order chi connectivity index (χ0) is 20.0. The summed E-state index contributed by atoms with van der Waals surface area (Å²) in [6.45, 7) is 6.88. The Morgan fingerprint density at radius 2 is 1.63 bits per heavy atom. The molecule has 0 fully saturated rings. The van der Waals surface area contributed by atoms with Crippen molar-refractivity contribution < 1.29 is 19.0 Å². The molecule has 0 radical (unpaired) electrons. The summed E-state index contributed by atoms with van der Waals surface area (Å²) in [5.41, 5.74) is 3.06. The molecule has 2 rings (SSSR count). The molecule has 0 saturated heterocycles. The second kappa shape index (κ2) is 8.80. The lowest BCUT2D eigenvalue weighted by molar-refractivity contribution is -0.120. The van der Waals surface area contributed by atoms with Gasteiger partial charge in [0.15, 0.2) is 11.5 Å². The van der Waals surface area contributed by atoms with Crippen LogP contribution in [0.1, 0.15) is 30.5 Å². The highest BCUT2D eigenvalue weighted by Crippen LogP contribution is 2.38. The number of aryl methyl sites for hydroxylation is 1. The van der Waals surface area contributed by atoms with Crippen LogP contribution in [-0.4, -0.2) is 33.8 Å². The van der Waals surface area contributed by atoms with Gasteiger partial charge in [0, 0.05) is 12.0 Å². The molecule has 2 aromatic rings. The molecule has 5 nitrogen and oxygen atoms in total. The van der Waals surface area contributed by atoms with E-state index in [9.17, 15) is 4.79 Å². The van der Waals surface area contributed by atoms with Crippen LogP contribution in [-0.2, 0) is 16.6 Å². The fraction of sp³-hybridized carbons (Fsp3) is 0.409. The minimum atomic E-state index is -0.156. The molecule has 1 amide bonds. The number of ether oxygens (including phenoxy) is 3. The molecule has 0 aliphatic carbocycles. The number of rotatable bonds is 8. The Hall–Kier alpha value is -2.69. The zero-order valence-corrected chi connectivity index (χ0v) is 17.0. The number of carbonyl (C=O) groups excluding carboxylic acids is 1. The second-order valence-corrected chi connectivity index (χ2v) is 7.24. The van der Waals surface area contributed by atoms with Gasteiger partial charge >= 0.3 is 0 Å². The fourth-order valence-corrected chi connectivity index (χ4v) is 2.97. The lowest BCUT2D eigenvalue weighted by atomic mass is 9.84. The predicted molar refractivity (Wildman–Crippen MR) is 107 cm³/mol. The van der Waals surface area contributed by atoms with E-state index < -0.39 is 0 Å². The standard InChI is InChI=1S/C22H29NO4/c1-15-8-7-9-17(10-15)22(2,3)14-23-20(24)13-16-11-18(25-4)21(27-6)19(12-16)26-5/h7-12H,13-14H2,1-6H3,(H,23,24). The van der Waals surface area contributed by atoms with Crippen molar-refractivity contribution in [3.05, 3.63) is 53.1 Å². The van der Waals surface area contributed by atoms with E-state index in [1.165, 1.54) is 11.1 Å². The maximum absolute atomic E-state index is 12.5. The minimum Gasteiger partial charge on any atom is -0.493 e. The van der Waals surface area contributed by atoms with Crippen LogP contribution in [0.2, 0.25) is 0 Å². The van der Waals surface area contributed by atoms with Crippen LogP contribution < -0.4 is 19.5 Å². The molecule has 0 aliphatic rings. The SMILES string of the molecule is COc1cc(CC(=O)NCC(C)(C)c2cccc(C)c2)cc(OC)c1OC. The molecule has 0 atom stereocenters. The maximum atomic E-state index is 12.5. The highest BCUT2D eigenvalue weighted by molar-refractivity contribution is 5.79. The Kier molecular flexibility index (Phi) is 6.72. The van der Waals surface area contributed by atoms with Gasteiger partial charge in [-0.2, -0.15) is 0 Å². The third kappa shape index (κ3) is 5.16. The summed E-state index contributed by atoms with van der Waals surface area (Å²) in [5, 5.41) is 3.04. The van der Waals surface area contributed by atoms with Crippen LogP contribution in [0.15, 0.2) is 36.4 Å². The largest absolute Gasteiger partial charge is 0.493 e. The summed E-state index contributed by atoms with van der Waals surface area (Å²) >= 11 is 0. The Morgan fingerprint density at radius 1 is 1.00 bits per heavy atom. The fourth-order valence-electron chi connectivity index (χ4n) is 2.97. The molecule has 146 valence electrons. The Morgan fingerprint density at radius 3 is 2.15 bits per heavy atom. The predicted octanol–water partition coefficient (Wildman–Crippen LogP) is 3.66. The number of methoxy groups -OCH3 is 3. The first-order chi connectivity index (χ1) is 12.8. The highest BCUT2D eigenvalue weighted by Gasteiger charge is 2.22. The molecule has 0 spiro atoms. The molecule has 0 bridgehead atoms. The van der Waals surface area contributed by atoms with Crippen molar-refractivity contribution in [1.82, 2.24) is 5.32 Å². The summed E-state index contributed by atoms with van der Waals surface area (Å²) in [6.07, 6.45) is 0.237. The van der Waals surface area contributed by atoms with Gasteiger partial charge in [0.05, 0.1) is 27.8 Å². The van der Waals surface area contributed by atoms with E-state index in [2.05, 4.69) is 44.3 Å². The molecule has 0 aliphatic heterocycles. The smallest absolute Gasteiger partial charge is 0.224 e. The number of hydrogen-bond acceptors (Lipinski definition) is 4. The van der Waals surface area contributed by atoms with Crippen LogP contribution >= 0.6 is 0 Å². The van der Waals surface area contributed by atoms with Crippen LogP contribution in [0.5, 0.6) is 17.2 Å². The van der Waals surface area contributed by atoms with E-state index >= 15 is 0 Å². The normalized spacial score (nSPS) is 11.0. The number of carbonyl (C=O) groups is 1. The quantitative estimate of drug-likeness (QED) is 0.769. The van der Waals surface area contributed by atoms with Gasteiger partial charge in [-0.05, 0) is 30.2 Å². The molecule has 0 unspecified atom stereocenters. The van der Waals surface area contributed by atoms with Crippen LogP contribution in [0.25, 0.3) is 0 Å². The number of nitrogens with one attached hydrogen (secondary N) is 1. The van der Waals surface area contributed by atoms with Crippen molar-refractivity contribution >= 4 is 5.91 Å². The summed E-state index contributed by atoms with van der Waals surface area (Å²) < 4.78 is 16.0. The molecule has 0 saturated carbocycles. The van der Waals surface area contributed by atoms with E-state index in [1.807, 2.05) is 6.07 Å². The van der Waals surface area contributed by atoms with E-state index in [-0.39, 0.29) is 17.7 Å². The van der Waals surface area contributed by atoms with Crippen LogP contribution in [0.4, 0.5) is 0 Å². The molecule has 2 aromatic carbocycles. The number of benzene rings is 2. The minimum absolute atomic E-state index is 0.0509. The zero-order valence-electron chi connectivity index (χ0n) is 17.0. The third-order valence-electron chi connectivity index (χ3n) is 4.62. The molecule has 27 heavy (non-hydrogen) atoms. The van der Waals surface area contributed by atoms with Crippen LogP contribution in [0, 0.1) is 6.92 Å². The third-order valence-corrected chi connectivity index (χ3v) is 4.62. The first-order valence-corrected chi connectivity index (χ1v) is 8.93. The molecular formula is C22H29NO4. The first kappa shape index (κ1) is 20.6. The lowest BCUT2D eigenvalue weighted by Gasteiger charge is -2.26. The average molecular weight is 371 g/mol. The van der Waals surface area contributed by atoms with Gasteiger partial charge in [0.2, 0.25) is 11.7 Å². The summed E-state index contributed by atoms with van der Waals surface area (Å²) in [7, 11) is 4.68. The van der Waals surface area contributed by atoms with Crippen molar-refractivity contribution in [1.29, 1.82) is 0 Å². The van der Waals surface area contributed by atoms with E-state index in [0.29, 0.717) is 23.8 Å². The van der Waals surface area contributed by atoms with Gasteiger partial charge < -0.3 is 19.5 Å². The van der Waals surface area contributed by atoms with Gasteiger partial charge in [-0.15, -0.1) is 0 Å². The number of amides is 1. The van der Waals surface area contributed by atoms with Crippen molar-refractivity contribution in [3.8, 4) is 17.2 Å². The molecular weight excluding hydrogens is 342 g/mol. The summed E-state index contributed by atoms with van der Waals surface area (Å²) in [4.78, 5) is 12.5. The molecule has 0 aromatic heterocycles. The topological polar surface area (TPSA) is 56.8 Å². The van der Waals surface area contributed by atoms with Gasteiger partial charge in [0.1, 0.15) is 0 Å². The maximum Gasteiger partial charge on any atom is 0.224 e. The monoisotopic (exact) mass is 371 g/mol. The van der Waals surface area contributed by atoms with Crippen molar-refractivity contribution in [2.45, 2.75) is 32.6 Å². The Balaban J connectivity index is 2.07. The second-order valence-electron chi connectivity index (χ2n) is 7.24. The highest BCUT2D eigenvalue weighted by atomic mass is 16.5. The summed E-state index contributed by atoms with van der Waals surface area (Å²) in [5.74, 6) is 1.55. The van der Waals surface area contributed by atoms with Crippen molar-refractivity contribution in [2.75, 3.05) is 27.9 Å². The Bertz CT molecular complexity index is 774. The molecule has 1 N–H and O–H groups in total. The van der Waals surface area contributed by atoms with Crippen molar-refractivity contribution in [2.24, 2.45) is 0 Å². The summed E-state index contributed by atoms with van der Waals surface area (Å²) in [6, 6.07) is 12.0. The Labute approximate surface area is 161 Å². The van der Waals surface area contributed by atoms with Gasteiger partial charge in [0.25, 0.3) is 0 Å². The van der Waals surface area contributed by atoms with E-state index in [1.54, 1.807) is 33.5 Å². The number of hydrogen-bond donors (Lipinski definition) is 1. The van der Waals surface area contributed by atoms with Crippen molar-refractivity contribution in [3.63, 3.8) is 0 Å². The van der Waals surface area contributed by atoms with Crippen LogP contribution in [0.3, 0.4) is 0 Å². The first-order valence-electron chi connectivity index (χ1n) is 8.93.